The number of carbonyl (C=O) groups excluding carboxylic acids is 1. The topological polar surface area (TPSA) is 106 Å². The number of benzene rings is 1. The number of rotatable bonds is 6. The van der Waals surface area contributed by atoms with E-state index in [9.17, 15) is 14.0 Å². The molecule has 4 rings (SSSR count). The Balaban J connectivity index is 1.69. The normalized spacial score (nSPS) is 14.8. The van der Waals surface area contributed by atoms with Crippen LogP contribution < -0.4 is 16.7 Å². The van der Waals surface area contributed by atoms with Crippen LogP contribution in [0.25, 0.3) is 10.4 Å². The molecule has 3 aromatic rings. The van der Waals surface area contributed by atoms with E-state index in [0.29, 0.717) is 18.3 Å². The van der Waals surface area contributed by atoms with E-state index in [2.05, 4.69) is 15.5 Å². The molecule has 1 aromatic carbocycles. The van der Waals surface area contributed by atoms with E-state index in [-0.39, 0.29) is 24.6 Å². The van der Waals surface area contributed by atoms with Crippen LogP contribution in [0.3, 0.4) is 0 Å². The number of carbonyl (C=O) groups is 1. The third kappa shape index (κ3) is 3.41. The Bertz CT molecular complexity index is 1110. The van der Waals surface area contributed by atoms with Gasteiger partial charge in [0.1, 0.15) is 6.33 Å². The zero-order valence-electron chi connectivity index (χ0n) is 14.8. The summed E-state index contributed by atoms with van der Waals surface area (Å²) in [6.45, 7) is 0.0731. The Morgan fingerprint density at radius 2 is 2.21 bits per heavy atom. The number of halogens is 1. The first-order valence-electron chi connectivity index (χ1n) is 8.71. The van der Waals surface area contributed by atoms with Crippen LogP contribution >= 0.6 is 11.3 Å². The lowest BCUT2D eigenvalue weighted by molar-refractivity contribution is -0.115. The highest BCUT2D eigenvalue weighted by Gasteiger charge is 2.22. The highest BCUT2D eigenvalue weighted by Crippen LogP contribution is 2.37. The number of fused-ring (bicyclic) bond motifs is 1. The molecule has 4 N–H and O–H groups in total. The molecule has 1 atom stereocenters. The number of nitrogens with one attached hydrogen (secondary N) is 2. The molecule has 1 aliphatic rings. The molecule has 1 aliphatic heterocycles. The van der Waals surface area contributed by atoms with Crippen LogP contribution in [0.15, 0.2) is 53.4 Å². The van der Waals surface area contributed by atoms with Crippen molar-refractivity contribution in [3.63, 3.8) is 0 Å². The zero-order chi connectivity index (χ0) is 19.7. The summed E-state index contributed by atoms with van der Waals surface area (Å²) in [7, 11) is 0. The van der Waals surface area contributed by atoms with E-state index in [0.717, 1.165) is 26.6 Å². The van der Waals surface area contributed by atoms with Crippen LogP contribution in [0.5, 0.6) is 0 Å². The molecule has 3 heterocycles. The summed E-state index contributed by atoms with van der Waals surface area (Å²) in [6, 6.07) is 9.32. The molecule has 144 valence electrons. The number of nitrogens with two attached hydrogens (primary N) is 1. The molecular weight excluding hydrogens is 381 g/mol. The van der Waals surface area contributed by atoms with Gasteiger partial charge in [0.15, 0.2) is 0 Å². The maximum absolute atomic E-state index is 13.1. The molecule has 1 unspecified atom stereocenters. The Labute approximate surface area is 163 Å². The third-order valence-electron chi connectivity index (χ3n) is 4.75. The number of aromatic amines is 1. The molecular formula is C19H18FN5O2S. The maximum Gasteiger partial charge on any atom is 0.343 e. The minimum Gasteiger partial charge on any atom is -0.327 e. The Kier molecular flexibility index (Phi) is 4.93. The highest BCUT2D eigenvalue weighted by atomic mass is 32.1. The number of thiophene rings is 1. The predicted octanol–water partition coefficient (Wildman–Crippen LogP) is 2.59. The van der Waals surface area contributed by atoms with Crippen molar-refractivity contribution >= 4 is 22.9 Å². The van der Waals surface area contributed by atoms with Crippen LogP contribution in [0.1, 0.15) is 22.9 Å². The van der Waals surface area contributed by atoms with Crippen molar-refractivity contribution in [3.05, 3.63) is 69.5 Å². The van der Waals surface area contributed by atoms with E-state index >= 15 is 0 Å². The molecule has 2 aromatic heterocycles. The van der Waals surface area contributed by atoms with Gasteiger partial charge in [-0.2, -0.15) is 5.10 Å². The maximum atomic E-state index is 13.1. The third-order valence-corrected chi connectivity index (χ3v) is 5.99. The molecule has 7 nitrogen and oxygen atoms in total. The lowest BCUT2D eigenvalue weighted by atomic mass is 10.1. The number of nitrogens with zero attached hydrogens (tertiary/aromatic N) is 2. The fourth-order valence-corrected chi connectivity index (χ4v) is 4.41. The van der Waals surface area contributed by atoms with Gasteiger partial charge in [-0.05, 0) is 47.4 Å². The van der Waals surface area contributed by atoms with Crippen LogP contribution in [-0.4, -0.2) is 27.2 Å². The Morgan fingerprint density at radius 1 is 1.36 bits per heavy atom. The molecule has 0 radical (unpaired) electrons. The van der Waals surface area contributed by atoms with E-state index < -0.39 is 6.04 Å². The molecule has 0 bridgehead atoms. The number of amides is 1. The average Bonchev–Trinajstić information content (AvgIpc) is 3.41. The first-order valence-corrected chi connectivity index (χ1v) is 9.53. The Morgan fingerprint density at radius 3 is 2.93 bits per heavy atom. The van der Waals surface area contributed by atoms with Crippen LogP contribution in [0.4, 0.5) is 10.1 Å². The van der Waals surface area contributed by atoms with E-state index in [1.54, 1.807) is 0 Å². The monoisotopic (exact) mass is 399 g/mol. The molecule has 0 fully saturated rings. The van der Waals surface area contributed by atoms with E-state index in [1.165, 1.54) is 22.2 Å². The molecule has 9 heteroatoms. The summed E-state index contributed by atoms with van der Waals surface area (Å²) < 4.78 is 14.6. The second-order valence-electron chi connectivity index (χ2n) is 6.56. The first-order chi connectivity index (χ1) is 13.6. The fraction of sp³-hybridized carbons (Fsp3) is 0.211. The summed E-state index contributed by atoms with van der Waals surface area (Å²) in [4.78, 5) is 25.5. The quantitative estimate of drug-likeness (QED) is 0.592. The number of hydrogen-bond donors (Lipinski definition) is 3. The van der Waals surface area contributed by atoms with Gasteiger partial charge in [0.05, 0.1) is 18.8 Å². The largest absolute Gasteiger partial charge is 0.343 e. The van der Waals surface area contributed by atoms with Gasteiger partial charge in [0.2, 0.25) is 5.91 Å². The fourth-order valence-electron chi connectivity index (χ4n) is 3.30. The van der Waals surface area contributed by atoms with Crippen molar-refractivity contribution in [1.29, 1.82) is 0 Å². The van der Waals surface area contributed by atoms with Crippen molar-refractivity contribution in [2.24, 2.45) is 5.73 Å². The molecule has 0 aliphatic carbocycles. The van der Waals surface area contributed by atoms with Gasteiger partial charge < -0.3 is 11.1 Å². The van der Waals surface area contributed by atoms with Gasteiger partial charge in [0.25, 0.3) is 0 Å². The number of anilines is 1. The minimum absolute atomic E-state index is 0.00857. The van der Waals surface area contributed by atoms with Gasteiger partial charge in [-0.3, -0.25) is 9.36 Å². The Hall–Kier alpha value is -3.04. The smallest absolute Gasteiger partial charge is 0.327 e. The van der Waals surface area contributed by atoms with Gasteiger partial charge in [-0.1, -0.05) is 6.07 Å². The van der Waals surface area contributed by atoms with Gasteiger partial charge >= 0.3 is 5.69 Å². The predicted molar refractivity (Wildman–Crippen MR) is 106 cm³/mol. The molecule has 28 heavy (non-hydrogen) atoms. The van der Waals surface area contributed by atoms with Crippen molar-refractivity contribution in [3.8, 4) is 10.4 Å². The molecule has 0 spiro atoms. The molecule has 0 saturated heterocycles. The van der Waals surface area contributed by atoms with Crippen LogP contribution in [0.2, 0.25) is 0 Å². The second kappa shape index (κ2) is 7.53. The SMILES string of the molecule is NC/C(=C/F)CC(c1ccc(-c2ccc3c(c2)CC(=O)N3)s1)n1cn[nH]c1=O. The van der Waals surface area contributed by atoms with Crippen molar-refractivity contribution in [2.45, 2.75) is 18.9 Å². The van der Waals surface area contributed by atoms with Crippen molar-refractivity contribution in [2.75, 3.05) is 11.9 Å². The average molecular weight is 399 g/mol. The lowest BCUT2D eigenvalue weighted by Crippen LogP contribution is -2.23. The van der Waals surface area contributed by atoms with Crippen LogP contribution in [-0.2, 0) is 11.2 Å². The second-order valence-corrected chi connectivity index (χ2v) is 7.67. The zero-order valence-corrected chi connectivity index (χ0v) is 15.6. The molecule has 0 saturated carbocycles. The lowest BCUT2D eigenvalue weighted by Gasteiger charge is -2.16. The summed E-state index contributed by atoms with van der Waals surface area (Å²) in [5, 5.41) is 8.98. The van der Waals surface area contributed by atoms with Crippen molar-refractivity contribution < 1.29 is 9.18 Å². The summed E-state index contributed by atoms with van der Waals surface area (Å²) in [6.07, 6.45) is 2.55. The number of H-pyrrole nitrogens is 1. The summed E-state index contributed by atoms with van der Waals surface area (Å²) in [5.41, 5.74) is 8.46. The molecule has 1 amide bonds. The van der Waals surface area contributed by atoms with Crippen molar-refractivity contribution in [1.82, 2.24) is 14.8 Å². The standard InChI is InChI=1S/C19H18FN5O2S/c20-8-11(9-21)5-15(25-10-22-24-19(25)27)17-4-3-16(28-17)12-1-2-14-13(6-12)7-18(26)23-14/h1-4,6,8,10,15H,5,7,9,21H2,(H,23,26)(H,24,27)/b11-8+. The number of hydrogen-bond acceptors (Lipinski definition) is 5. The van der Waals surface area contributed by atoms with E-state index in [4.69, 9.17) is 5.73 Å². The number of aromatic nitrogens is 3. The van der Waals surface area contributed by atoms with Crippen LogP contribution in [0, 0.1) is 0 Å². The van der Waals surface area contributed by atoms with Gasteiger partial charge in [-0.25, -0.2) is 14.3 Å². The summed E-state index contributed by atoms with van der Waals surface area (Å²) >= 11 is 1.51. The first kappa shape index (κ1) is 18.3. The van der Waals surface area contributed by atoms with E-state index in [1.807, 2.05) is 30.3 Å². The van der Waals surface area contributed by atoms with Gasteiger partial charge in [-0.15, -0.1) is 11.3 Å². The van der Waals surface area contributed by atoms with Gasteiger partial charge in [0, 0.05) is 22.0 Å². The minimum atomic E-state index is -0.409. The summed E-state index contributed by atoms with van der Waals surface area (Å²) in [5.74, 6) is -0.00857. The highest BCUT2D eigenvalue weighted by molar-refractivity contribution is 7.15.